The van der Waals surface area contributed by atoms with Gasteiger partial charge in [0.25, 0.3) is 0 Å². The van der Waals surface area contributed by atoms with E-state index in [0.29, 0.717) is 12.5 Å². The molecule has 0 aromatic heterocycles. The smallest absolute Gasteiger partial charge is 0.225 e. The second-order valence-electron chi connectivity index (χ2n) is 5.37. The monoisotopic (exact) mass is 271 g/mol. The first kappa shape index (κ1) is 16.4. The van der Waals surface area contributed by atoms with E-state index in [1.54, 1.807) is 0 Å². The molecule has 4 nitrogen and oxygen atoms in total. The van der Waals surface area contributed by atoms with E-state index in [-0.39, 0.29) is 18.6 Å². The third kappa shape index (κ3) is 5.49. The van der Waals surface area contributed by atoms with Gasteiger partial charge < -0.3 is 14.7 Å². The Labute approximate surface area is 117 Å². The molecule has 0 aliphatic carbocycles. The fourth-order valence-electron chi connectivity index (χ4n) is 2.67. The van der Waals surface area contributed by atoms with Gasteiger partial charge in [-0.1, -0.05) is 26.7 Å². The Kier molecular flexibility index (Phi) is 8.07. The summed E-state index contributed by atoms with van der Waals surface area (Å²) >= 11 is 0. The van der Waals surface area contributed by atoms with E-state index in [1.165, 1.54) is 0 Å². The van der Waals surface area contributed by atoms with Crippen LogP contribution in [0.3, 0.4) is 0 Å². The molecule has 0 bridgehead atoms. The van der Waals surface area contributed by atoms with Gasteiger partial charge in [0.2, 0.25) is 5.91 Å². The molecule has 0 radical (unpaired) electrons. The molecule has 4 heteroatoms. The van der Waals surface area contributed by atoms with E-state index in [9.17, 15) is 4.79 Å². The Morgan fingerprint density at radius 3 is 2.58 bits per heavy atom. The Morgan fingerprint density at radius 2 is 2.05 bits per heavy atom. The van der Waals surface area contributed by atoms with Crippen molar-refractivity contribution in [2.75, 3.05) is 26.3 Å². The summed E-state index contributed by atoms with van der Waals surface area (Å²) in [7, 11) is 0. The minimum absolute atomic E-state index is 0.0775. The number of nitrogens with zero attached hydrogens (tertiary/aromatic N) is 1. The second kappa shape index (κ2) is 9.32. The molecule has 1 N–H and O–H groups in total. The van der Waals surface area contributed by atoms with Crippen molar-refractivity contribution >= 4 is 5.91 Å². The topological polar surface area (TPSA) is 49.8 Å². The molecule has 0 spiro atoms. The molecule has 0 saturated carbocycles. The number of hydrogen-bond acceptors (Lipinski definition) is 3. The lowest BCUT2D eigenvalue weighted by atomic mass is 9.96. The molecule has 1 aliphatic rings. The summed E-state index contributed by atoms with van der Waals surface area (Å²) < 4.78 is 5.52. The molecule has 1 saturated heterocycles. The molecule has 0 aromatic rings. The fourth-order valence-corrected chi connectivity index (χ4v) is 2.67. The third-order valence-electron chi connectivity index (χ3n) is 3.95. The number of carbonyl (C=O) groups excluding carboxylic acids is 1. The van der Waals surface area contributed by atoms with Gasteiger partial charge in [-0.15, -0.1) is 0 Å². The predicted octanol–water partition coefficient (Wildman–Crippen LogP) is 2.20. The van der Waals surface area contributed by atoms with Crippen LogP contribution >= 0.6 is 0 Å². The summed E-state index contributed by atoms with van der Waals surface area (Å²) in [6.07, 6.45) is 6.27. The molecule has 1 rings (SSSR count). The number of amides is 1. The zero-order chi connectivity index (χ0) is 14.1. The maximum Gasteiger partial charge on any atom is 0.225 e. The number of hydrogen-bond donors (Lipinski definition) is 1. The van der Waals surface area contributed by atoms with E-state index in [0.717, 1.165) is 51.6 Å². The zero-order valence-corrected chi connectivity index (χ0v) is 12.4. The van der Waals surface area contributed by atoms with Gasteiger partial charge in [-0.05, 0) is 25.7 Å². The van der Waals surface area contributed by atoms with Crippen molar-refractivity contribution in [3.63, 3.8) is 0 Å². The molecule has 1 amide bonds. The van der Waals surface area contributed by atoms with Gasteiger partial charge in [0.15, 0.2) is 0 Å². The van der Waals surface area contributed by atoms with Gasteiger partial charge >= 0.3 is 0 Å². The largest absolute Gasteiger partial charge is 0.394 e. The predicted molar refractivity (Wildman–Crippen MR) is 75.9 cm³/mol. The van der Waals surface area contributed by atoms with Crippen LogP contribution in [0.15, 0.2) is 0 Å². The lowest BCUT2D eigenvalue weighted by Gasteiger charge is -2.34. The van der Waals surface area contributed by atoms with Crippen LogP contribution in [0.1, 0.15) is 52.4 Å². The molecule has 1 unspecified atom stereocenters. The highest BCUT2D eigenvalue weighted by Crippen LogP contribution is 2.20. The van der Waals surface area contributed by atoms with Crippen LogP contribution in [-0.4, -0.2) is 48.3 Å². The van der Waals surface area contributed by atoms with Gasteiger partial charge in [0.05, 0.1) is 19.3 Å². The number of rotatable bonds is 8. The number of carbonyl (C=O) groups is 1. The summed E-state index contributed by atoms with van der Waals surface area (Å²) in [6.45, 7) is 6.37. The van der Waals surface area contributed by atoms with Crippen molar-refractivity contribution in [2.45, 2.75) is 58.5 Å². The molecule has 19 heavy (non-hydrogen) atoms. The number of likely N-dealkylation sites (tertiary alicyclic amines) is 1. The van der Waals surface area contributed by atoms with Crippen LogP contribution in [0, 0.1) is 5.92 Å². The molecular weight excluding hydrogens is 242 g/mol. The van der Waals surface area contributed by atoms with E-state index >= 15 is 0 Å². The SMILES string of the molecule is CCCCC(CC)C(=O)N1CCC(OCCO)CC1. The number of aliphatic hydroxyl groups is 1. The van der Waals surface area contributed by atoms with Crippen molar-refractivity contribution < 1.29 is 14.6 Å². The Morgan fingerprint density at radius 1 is 1.37 bits per heavy atom. The van der Waals surface area contributed by atoms with Crippen molar-refractivity contribution in [3.05, 3.63) is 0 Å². The van der Waals surface area contributed by atoms with E-state index < -0.39 is 0 Å². The van der Waals surface area contributed by atoms with Crippen molar-refractivity contribution in [3.8, 4) is 0 Å². The van der Waals surface area contributed by atoms with Crippen LogP contribution in [0.5, 0.6) is 0 Å². The minimum Gasteiger partial charge on any atom is -0.394 e. The van der Waals surface area contributed by atoms with E-state index in [1.807, 2.05) is 4.90 Å². The highest BCUT2D eigenvalue weighted by atomic mass is 16.5. The molecule has 0 aromatic carbocycles. The first-order valence-corrected chi connectivity index (χ1v) is 7.74. The molecule has 1 fully saturated rings. The Bertz CT molecular complexity index is 250. The number of unbranched alkanes of at least 4 members (excludes halogenated alkanes) is 1. The average molecular weight is 271 g/mol. The summed E-state index contributed by atoms with van der Waals surface area (Å²) in [5.41, 5.74) is 0. The highest BCUT2D eigenvalue weighted by Gasteiger charge is 2.27. The molecule has 1 atom stereocenters. The molecule has 1 aliphatic heterocycles. The lowest BCUT2D eigenvalue weighted by Crippen LogP contribution is -2.43. The molecule has 1 heterocycles. The number of aliphatic hydroxyl groups excluding tert-OH is 1. The lowest BCUT2D eigenvalue weighted by molar-refractivity contribution is -0.138. The summed E-state index contributed by atoms with van der Waals surface area (Å²) in [5, 5.41) is 8.73. The second-order valence-corrected chi connectivity index (χ2v) is 5.37. The highest BCUT2D eigenvalue weighted by molar-refractivity contribution is 5.78. The first-order valence-electron chi connectivity index (χ1n) is 7.74. The van der Waals surface area contributed by atoms with Gasteiger partial charge in [0, 0.05) is 19.0 Å². The molecule has 112 valence electrons. The summed E-state index contributed by atoms with van der Waals surface area (Å²) in [4.78, 5) is 14.4. The number of piperidine rings is 1. The van der Waals surface area contributed by atoms with Gasteiger partial charge in [-0.3, -0.25) is 4.79 Å². The van der Waals surface area contributed by atoms with Crippen LogP contribution in [-0.2, 0) is 9.53 Å². The van der Waals surface area contributed by atoms with Crippen LogP contribution in [0.2, 0.25) is 0 Å². The average Bonchev–Trinajstić information content (AvgIpc) is 2.46. The standard InChI is InChI=1S/C15H29NO3/c1-3-5-6-13(4-2)15(18)16-9-7-14(8-10-16)19-12-11-17/h13-14,17H,3-12H2,1-2H3. The first-order chi connectivity index (χ1) is 9.22. The van der Waals surface area contributed by atoms with Gasteiger partial charge in [-0.2, -0.15) is 0 Å². The summed E-state index contributed by atoms with van der Waals surface area (Å²) in [5.74, 6) is 0.534. The van der Waals surface area contributed by atoms with Crippen LogP contribution in [0.4, 0.5) is 0 Å². The van der Waals surface area contributed by atoms with Crippen molar-refractivity contribution in [1.29, 1.82) is 0 Å². The van der Waals surface area contributed by atoms with Crippen LogP contribution < -0.4 is 0 Å². The van der Waals surface area contributed by atoms with E-state index in [4.69, 9.17) is 9.84 Å². The fraction of sp³-hybridized carbons (Fsp3) is 0.933. The van der Waals surface area contributed by atoms with Gasteiger partial charge in [0.1, 0.15) is 0 Å². The molecular formula is C15H29NO3. The van der Waals surface area contributed by atoms with Crippen molar-refractivity contribution in [2.24, 2.45) is 5.92 Å². The zero-order valence-electron chi connectivity index (χ0n) is 12.4. The number of ether oxygens (including phenoxy) is 1. The minimum atomic E-state index is 0.0775. The Hall–Kier alpha value is -0.610. The Balaban J connectivity index is 2.34. The third-order valence-corrected chi connectivity index (χ3v) is 3.95. The van der Waals surface area contributed by atoms with Crippen LogP contribution in [0.25, 0.3) is 0 Å². The maximum absolute atomic E-state index is 12.4. The van der Waals surface area contributed by atoms with Crippen molar-refractivity contribution in [1.82, 2.24) is 4.90 Å². The summed E-state index contributed by atoms with van der Waals surface area (Å²) in [6, 6.07) is 0. The quantitative estimate of drug-likeness (QED) is 0.736. The van der Waals surface area contributed by atoms with E-state index in [2.05, 4.69) is 13.8 Å². The van der Waals surface area contributed by atoms with Gasteiger partial charge in [-0.25, -0.2) is 0 Å². The normalized spacial score (nSPS) is 18.6. The maximum atomic E-state index is 12.4.